The first kappa shape index (κ1) is 15.6. The van der Waals surface area contributed by atoms with E-state index < -0.39 is 18.9 Å². The molecule has 0 aliphatic carbocycles. The second-order valence-corrected chi connectivity index (χ2v) is 5.22. The summed E-state index contributed by atoms with van der Waals surface area (Å²) in [4.78, 5) is 13.3. The Hall–Kier alpha value is -0.430. The van der Waals surface area contributed by atoms with Crippen LogP contribution in [0.2, 0.25) is 0 Å². The average molecular weight is 388 g/mol. The molecule has 0 aliphatic heterocycles. The van der Waals surface area contributed by atoms with Crippen LogP contribution >= 0.6 is 34.2 Å². The van der Waals surface area contributed by atoms with Crippen LogP contribution in [0, 0.1) is 10.5 Å². The summed E-state index contributed by atoms with van der Waals surface area (Å²) < 4.78 is 25.6. The fourth-order valence-electron chi connectivity index (χ4n) is 1.53. The molecule has 1 rings (SSSR count). The summed E-state index contributed by atoms with van der Waals surface area (Å²) in [7, 11) is 0. The molecule has 0 heterocycles. The molecule has 0 spiro atoms. The van der Waals surface area contributed by atoms with Gasteiger partial charge in [-0.15, -0.1) is 11.6 Å². The smallest absolute Gasteiger partial charge is 0.255 e. The van der Waals surface area contributed by atoms with E-state index in [4.69, 9.17) is 11.6 Å². The lowest BCUT2D eigenvalue weighted by Gasteiger charge is -2.22. The number of hydrogen-bond acceptors (Lipinski definition) is 1. The minimum atomic E-state index is -2.56. The Morgan fingerprint density at radius 2 is 2.17 bits per heavy atom. The molecule has 0 saturated heterocycles. The first-order valence-electron chi connectivity index (χ1n) is 5.36. The van der Waals surface area contributed by atoms with E-state index in [-0.39, 0.29) is 12.4 Å². The predicted molar refractivity (Wildman–Crippen MR) is 76.5 cm³/mol. The summed E-state index contributed by atoms with van der Waals surface area (Å²) in [6.45, 7) is 1.40. The third-order valence-corrected chi connectivity index (χ3v) is 4.02. The Kier molecular flexibility index (Phi) is 6.28. The number of benzene rings is 1. The molecule has 0 atom stereocenters. The summed E-state index contributed by atoms with van der Waals surface area (Å²) in [6.07, 6.45) is -2.56. The van der Waals surface area contributed by atoms with Gasteiger partial charge in [-0.2, -0.15) is 0 Å². The van der Waals surface area contributed by atoms with E-state index in [2.05, 4.69) is 0 Å². The number of hydrogen-bond donors (Lipinski definition) is 0. The van der Waals surface area contributed by atoms with Gasteiger partial charge in [0, 0.05) is 16.0 Å². The van der Waals surface area contributed by atoms with Crippen molar-refractivity contribution in [3.63, 3.8) is 0 Å². The lowest BCUT2D eigenvalue weighted by Crippen LogP contribution is -2.37. The van der Waals surface area contributed by atoms with Gasteiger partial charge >= 0.3 is 0 Å². The molecule has 0 unspecified atom stereocenters. The van der Waals surface area contributed by atoms with Gasteiger partial charge in [-0.05, 0) is 41.1 Å². The summed E-state index contributed by atoms with van der Waals surface area (Å²) in [5.74, 6) is -0.259. The maximum Gasteiger partial charge on any atom is 0.255 e. The molecule has 0 radical (unpaired) electrons. The van der Waals surface area contributed by atoms with E-state index in [1.54, 1.807) is 12.1 Å². The molecule has 1 aromatic rings. The fourth-order valence-corrected chi connectivity index (χ4v) is 2.32. The van der Waals surface area contributed by atoms with Crippen molar-refractivity contribution in [3.8, 4) is 0 Å². The molecule has 0 bridgehead atoms. The SMILES string of the molecule is Cc1cccc(C(=O)N(CCCl)CC(F)F)c1I. The van der Waals surface area contributed by atoms with Gasteiger partial charge in [-0.25, -0.2) is 8.78 Å². The third-order valence-electron chi connectivity index (χ3n) is 2.42. The van der Waals surface area contributed by atoms with E-state index in [1.807, 2.05) is 35.6 Å². The fraction of sp³-hybridized carbons (Fsp3) is 0.417. The van der Waals surface area contributed by atoms with Gasteiger partial charge in [0.1, 0.15) is 0 Å². The predicted octanol–water partition coefficient (Wildman–Crippen LogP) is 3.55. The van der Waals surface area contributed by atoms with Crippen molar-refractivity contribution in [2.24, 2.45) is 0 Å². The van der Waals surface area contributed by atoms with E-state index in [0.29, 0.717) is 5.56 Å². The van der Waals surface area contributed by atoms with Crippen LogP contribution in [0.3, 0.4) is 0 Å². The summed E-state index contributed by atoms with van der Waals surface area (Å²) in [5.41, 5.74) is 1.39. The molecule has 6 heteroatoms. The summed E-state index contributed by atoms with van der Waals surface area (Å²) in [6, 6.07) is 5.26. The normalized spacial score (nSPS) is 10.8. The quantitative estimate of drug-likeness (QED) is 0.559. The minimum Gasteiger partial charge on any atom is -0.332 e. The van der Waals surface area contributed by atoms with E-state index >= 15 is 0 Å². The van der Waals surface area contributed by atoms with E-state index in [1.165, 1.54) is 0 Å². The van der Waals surface area contributed by atoms with E-state index in [9.17, 15) is 13.6 Å². The highest BCUT2D eigenvalue weighted by atomic mass is 127. The van der Waals surface area contributed by atoms with Crippen LogP contribution in [0.5, 0.6) is 0 Å². The monoisotopic (exact) mass is 387 g/mol. The van der Waals surface area contributed by atoms with Gasteiger partial charge in [-0.3, -0.25) is 4.79 Å². The van der Waals surface area contributed by atoms with Crippen LogP contribution < -0.4 is 0 Å². The first-order valence-corrected chi connectivity index (χ1v) is 6.97. The van der Waals surface area contributed by atoms with Crippen molar-refractivity contribution in [1.29, 1.82) is 0 Å². The van der Waals surface area contributed by atoms with Crippen molar-refractivity contribution >= 4 is 40.1 Å². The first-order chi connectivity index (χ1) is 8.47. The van der Waals surface area contributed by atoms with Gasteiger partial charge in [0.15, 0.2) is 0 Å². The van der Waals surface area contributed by atoms with Gasteiger partial charge in [0.25, 0.3) is 12.3 Å². The number of rotatable bonds is 5. The molecule has 0 saturated carbocycles. The van der Waals surface area contributed by atoms with Crippen molar-refractivity contribution in [1.82, 2.24) is 4.90 Å². The van der Waals surface area contributed by atoms with Crippen LogP contribution in [0.4, 0.5) is 8.78 Å². The largest absolute Gasteiger partial charge is 0.332 e. The van der Waals surface area contributed by atoms with E-state index in [0.717, 1.165) is 14.0 Å². The number of carbonyl (C=O) groups excluding carboxylic acids is 1. The Bertz CT molecular complexity index is 429. The highest BCUT2D eigenvalue weighted by Crippen LogP contribution is 2.19. The molecular formula is C12H13ClF2INO. The zero-order valence-corrected chi connectivity index (χ0v) is 12.7. The molecule has 0 fully saturated rings. The molecule has 18 heavy (non-hydrogen) atoms. The van der Waals surface area contributed by atoms with Gasteiger partial charge in [-0.1, -0.05) is 12.1 Å². The molecular weight excluding hydrogens is 374 g/mol. The van der Waals surface area contributed by atoms with Gasteiger partial charge in [0.2, 0.25) is 0 Å². The van der Waals surface area contributed by atoms with Crippen LogP contribution in [0.25, 0.3) is 0 Å². The standard InChI is InChI=1S/C12H13ClF2INO/c1-8-3-2-4-9(11(8)16)12(18)17(6-5-13)7-10(14)15/h2-4,10H,5-7H2,1H3. The van der Waals surface area contributed by atoms with Crippen LogP contribution in [-0.4, -0.2) is 36.2 Å². The number of amides is 1. The van der Waals surface area contributed by atoms with Crippen molar-refractivity contribution in [3.05, 3.63) is 32.9 Å². The zero-order valence-electron chi connectivity index (χ0n) is 9.80. The van der Waals surface area contributed by atoms with Crippen molar-refractivity contribution < 1.29 is 13.6 Å². The molecule has 0 aromatic heterocycles. The van der Waals surface area contributed by atoms with Crippen LogP contribution in [0.1, 0.15) is 15.9 Å². The molecule has 0 aliphatic rings. The topological polar surface area (TPSA) is 20.3 Å². The second kappa shape index (κ2) is 7.23. The van der Waals surface area contributed by atoms with Crippen molar-refractivity contribution in [2.45, 2.75) is 13.3 Å². The number of carbonyl (C=O) groups is 1. The van der Waals surface area contributed by atoms with Gasteiger partial charge in [0.05, 0.1) is 12.1 Å². The van der Waals surface area contributed by atoms with Crippen molar-refractivity contribution in [2.75, 3.05) is 19.0 Å². The minimum absolute atomic E-state index is 0.120. The lowest BCUT2D eigenvalue weighted by atomic mass is 10.1. The third kappa shape index (κ3) is 4.05. The lowest BCUT2D eigenvalue weighted by molar-refractivity contribution is 0.0570. The molecule has 1 aromatic carbocycles. The maximum absolute atomic E-state index is 12.4. The molecule has 0 N–H and O–H groups in total. The molecule has 100 valence electrons. The maximum atomic E-state index is 12.4. The zero-order chi connectivity index (χ0) is 13.7. The summed E-state index contributed by atoms with van der Waals surface area (Å²) in [5, 5.41) is 0. The number of aryl methyl sites for hydroxylation is 1. The van der Waals surface area contributed by atoms with Crippen LogP contribution in [0.15, 0.2) is 18.2 Å². The Balaban J connectivity index is 2.98. The Morgan fingerprint density at radius 1 is 1.50 bits per heavy atom. The Labute approximate surface area is 123 Å². The van der Waals surface area contributed by atoms with Gasteiger partial charge < -0.3 is 4.90 Å². The van der Waals surface area contributed by atoms with Crippen LogP contribution in [-0.2, 0) is 0 Å². The Morgan fingerprint density at radius 3 is 2.72 bits per heavy atom. The highest BCUT2D eigenvalue weighted by Gasteiger charge is 2.21. The summed E-state index contributed by atoms with van der Waals surface area (Å²) >= 11 is 7.59. The highest BCUT2D eigenvalue weighted by molar-refractivity contribution is 14.1. The average Bonchev–Trinajstić information content (AvgIpc) is 2.31. The number of nitrogens with zero attached hydrogens (tertiary/aromatic N) is 1. The number of alkyl halides is 3. The molecule has 1 amide bonds. The molecule has 2 nitrogen and oxygen atoms in total. The number of halogens is 4. The second-order valence-electron chi connectivity index (χ2n) is 3.77.